The third-order valence-corrected chi connectivity index (χ3v) is 5.92. The van der Waals surface area contributed by atoms with Gasteiger partial charge in [0.05, 0.1) is 0 Å². The maximum absolute atomic E-state index is 11.4. The summed E-state index contributed by atoms with van der Waals surface area (Å²) in [7, 11) is 4.04. The van der Waals surface area contributed by atoms with Crippen LogP contribution in [0.3, 0.4) is 0 Å². The van der Waals surface area contributed by atoms with Crippen LogP contribution in [0.1, 0.15) is 23.1 Å². The zero-order valence-electron chi connectivity index (χ0n) is 19.0. The van der Waals surface area contributed by atoms with Crippen molar-refractivity contribution in [2.45, 2.75) is 43.7 Å². The van der Waals surface area contributed by atoms with Gasteiger partial charge in [0.15, 0.2) is 6.10 Å². The molecule has 2 aromatic carbocycles. The largest absolute Gasteiger partial charge is 0.488 e. The van der Waals surface area contributed by atoms with Gasteiger partial charge in [-0.1, -0.05) is 30.3 Å². The summed E-state index contributed by atoms with van der Waals surface area (Å²) in [6, 6.07) is 13.2. The fraction of sp³-hybridized carbons (Fsp3) is 0.400. The molecule has 9 nitrogen and oxygen atoms in total. The highest BCUT2D eigenvalue weighted by atomic mass is 16.7. The van der Waals surface area contributed by atoms with E-state index in [1.807, 2.05) is 38.4 Å². The van der Waals surface area contributed by atoms with Crippen LogP contribution in [0, 0.1) is 0 Å². The lowest BCUT2D eigenvalue weighted by atomic mass is 9.93. The second-order valence-electron chi connectivity index (χ2n) is 8.67. The van der Waals surface area contributed by atoms with Crippen LogP contribution in [-0.4, -0.2) is 82.6 Å². The molecule has 0 bridgehead atoms. The molecule has 2 aliphatic rings. The lowest BCUT2D eigenvalue weighted by molar-refractivity contribution is -0.271. The first-order valence-corrected chi connectivity index (χ1v) is 11.1. The molecule has 0 spiro atoms. The highest BCUT2D eigenvalue weighted by molar-refractivity contribution is 5.85. The molecule has 4 rings (SSSR count). The molecule has 1 fully saturated rings. The second kappa shape index (κ2) is 10.1. The number of fused-ring (bicyclic) bond motifs is 2. The highest BCUT2D eigenvalue weighted by Gasteiger charge is 2.48. The highest BCUT2D eigenvalue weighted by Crippen LogP contribution is 2.39. The van der Waals surface area contributed by atoms with Crippen molar-refractivity contribution in [3.8, 4) is 11.5 Å². The van der Waals surface area contributed by atoms with E-state index in [1.165, 1.54) is 0 Å². The first kappa shape index (κ1) is 24.2. The van der Waals surface area contributed by atoms with Gasteiger partial charge in [-0.05, 0) is 49.3 Å². The van der Waals surface area contributed by atoms with Gasteiger partial charge in [-0.15, -0.1) is 0 Å². The molecule has 0 aliphatic carbocycles. The number of carboxylic acid groups (broad SMARTS) is 1. The summed E-state index contributed by atoms with van der Waals surface area (Å²) in [4.78, 5) is 13.5. The summed E-state index contributed by atoms with van der Waals surface area (Å²) in [5.41, 5.74) is 4.04. The smallest absolute Gasteiger partial charge is 0.335 e. The van der Waals surface area contributed by atoms with Crippen LogP contribution < -0.4 is 9.47 Å². The summed E-state index contributed by atoms with van der Waals surface area (Å²) >= 11 is 0. The number of aliphatic carboxylic acids is 1. The number of benzene rings is 2. The van der Waals surface area contributed by atoms with Gasteiger partial charge in [0, 0.05) is 18.2 Å². The maximum atomic E-state index is 11.4. The van der Waals surface area contributed by atoms with Crippen LogP contribution in [0.2, 0.25) is 0 Å². The Bertz CT molecular complexity index is 1070. The summed E-state index contributed by atoms with van der Waals surface area (Å²) in [6.45, 7) is 1.24. The Morgan fingerprint density at radius 1 is 1.09 bits per heavy atom. The number of nitrogens with zero attached hydrogens (tertiary/aromatic N) is 1. The van der Waals surface area contributed by atoms with Crippen molar-refractivity contribution >= 4 is 11.5 Å². The summed E-state index contributed by atoms with van der Waals surface area (Å²) < 4.78 is 17.0. The minimum atomic E-state index is -1.78. The molecular weight excluding hydrogens is 442 g/mol. The van der Waals surface area contributed by atoms with Crippen LogP contribution in [-0.2, 0) is 16.1 Å². The number of carboxylic acids is 1. The lowest BCUT2D eigenvalue weighted by Gasteiger charge is -2.38. The molecule has 9 heteroatoms. The molecule has 5 atom stereocenters. The molecule has 182 valence electrons. The van der Waals surface area contributed by atoms with Crippen molar-refractivity contribution in [2.24, 2.45) is 0 Å². The summed E-state index contributed by atoms with van der Waals surface area (Å²) in [5, 5.41) is 39.4. The molecule has 0 saturated carbocycles. The molecule has 4 N–H and O–H groups in total. The Balaban J connectivity index is 1.63. The second-order valence-corrected chi connectivity index (χ2v) is 8.67. The van der Waals surface area contributed by atoms with Gasteiger partial charge < -0.3 is 39.5 Å². The van der Waals surface area contributed by atoms with Crippen LogP contribution >= 0.6 is 0 Å². The monoisotopic (exact) mass is 471 g/mol. The molecule has 2 heterocycles. The van der Waals surface area contributed by atoms with E-state index in [1.54, 1.807) is 12.1 Å². The summed E-state index contributed by atoms with van der Waals surface area (Å²) in [6.07, 6.45) is -5.37. The van der Waals surface area contributed by atoms with Crippen LogP contribution in [0.25, 0.3) is 5.57 Å². The quantitative estimate of drug-likeness (QED) is 0.492. The van der Waals surface area contributed by atoms with Gasteiger partial charge in [0.25, 0.3) is 0 Å². The zero-order valence-corrected chi connectivity index (χ0v) is 19.0. The van der Waals surface area contributed by atoms with E-state index in [0.717, 1.165) is 35.2 Å². The minimum absolute atomic E-state index is 0.258. The van der Waals surface area contributed by atoms with E-state index in [-0.39, 0.29) is 5.75 Å². The molecular formula is C25H29NO8. The van der Waals surface area contributed by atoms with Gasteiger partial charge in [-0.3, -0.25) is 0 Å². The molecule has 2 aliphatic heterocycles. The molecule has 34 heavy (non-hydrogen) atoms. The summed E-state index contributed by atoms with van der Waals surface area (Å²) in [5.74, 6) is -0.651. The van der Waals surface area contributed by atoms with Gasteiger partial charge in [0.2, 0.25) is 6.29 Å². The molecule has 1 saturated heterocycles. The molecule has 0 unspecified atom stereocenters. The Labute approximate surface area is 197 Å². The maximum Gasteiger partial charge on any atom is 0.335 e. The number of aliphatic hydroxyl groups is 3. The van der Waals surface area contributed by atoms with Crippen molar-refractivity contribution in [3.05, 3.63) is 65.2 Å². The standard InChI is InChI=1S/C25H29NO8/c1-26(2)11-5-8-17-16-7-4-3-6-14(16)13-32-19-12-15(9-10-18(17)19)33-25-22(29)20(27)21(28)23(34-25)24(30)31/h3-4,6-10,12,20-23,25,27-29H,5,11,13H2,1-2H3,(H,30,31)/b17-8-/t20-,21-,22+,23-,25+/m0/s1. The van der Waals surface area contributed by atoms with Crippen molar-refractivity contribution in [1.82, 2.24) is 4.90 Å². The van der Waals surface area contributed by atoms with Gasteiger partial charge in [-0.25, -0.2) is 4.79 Å². The first-order valence-electron chi connectivity index (χ1n) is 11.1. The predicted octanol–water partition coefficient (Wildman–Crippen LogP) is 1.23. The number of hydrogen-bond donors (Lipinski definition) is 4. The van der Waals surface area contributed by atoms with Crippen molar-refractivity contribution < 1.29 is 39.4 Å². The van der Waals surface area contributed by atoms with E-state index in [2.05, 4.69) is 17.0 Å². The van der Waals surface area contributed by atoms with Gasteiger partial charge in [0.1, 0.15) is 36.4 Å². The van der Waals surface area contributed by atoms with E-state index < -0.39 is 36.7 Å². The first-order chi connectivity index (χ1) is 16.3. The fourth-order valence-electron chi connectivity index (χ4n) is 4.10. The molecule has 0 aromatic heterocycles. The third-order valence-electron chi connectivity index (χ3n) is 5.92. The minimum Gasteiger partial charge on any atom is -0.488 e. The number of rotatable bonds is 6. The molecule has 0 radical (unpaired) electrons. The Hall–Kier alpha value is -2.95. The molecule has 0 amide bonds. The average Bonchev–Trinajstić information content (AvgIpc) is 2.96. The molecule has 2 aromatic rings. The Morgan fingerprint density at radius 3 is 2.59 bits per heavy atom. The van der Waals surface area contributed by atoms with Crippen molar-refractivity contribution in [3.63, 3.8) is 0 Å². The topological polar surface area (TPSA) is 129 Å². The predicted molar refractivity (Wildman–Crippen MR) is 122 cm³/mol. The Kier molecular flexibility index (Phi) is 7.20. The fourth-order valence-corrected chi connectivity index (χ4v) is 4.10. The number of carbonyl (C=O) groups is 1. The average molecular weight is 472 g/mol. The third kappa shape index (κ3) is 4.94. The van der Waals surface area contributed by atoms with Crippen molar-refractivity contribution in [2.75, 3.05) is 20.6 Å². The zero-order chi connectivity index (χ0) is 24.4. The lowest BCUT2D eigenvalue weighted by Crippen LogP contribution is -2.61. The number of aliphatic hydroxyl groups excluding tert-OH is 3. The van der Waals surface area contributed by atoms with Crippen molar-refractivity contribution in [1.29, 1.82) is 0 Å². The van der Waals surface area contributed by atoms with Crippen LogP contribution in [0.4, 0.5) is 0 Å². The normalized spacial score (nSPS) is 27.5. The van der Waals surface area contributed by atoms with Gasteiger partial charge >= 0.3 is 5.97 Å². The van der Waals surface area contributed by atoms with Gasteiger partial charge in [-0.2, -0.15) is 0 Å². The van der Waals surface area contributed by atoms with E-state index >= 15 is 0 Å². The number of ether oxygens (including phenoxy) is 3. The van der Waals surface area contributed by atoms with Crippen LogP contribution in [0.5, 0.6) is 11.5 Å². The number of hydrogen-bond acceptors (Lipinski definition) is 8. The van der Waals surface area contributed by atoms with E-state index in [0.29, 0.717) is 12.4 Å². The Morgan fingerprint density at radius 2 is 1.85 bits per heavy atom. The van der Waals surface area contributed by atoms with Crippen LogP contribution in [0.15, 0.2) is 48.5 Å². The van der Waals surface area contributed by atoms with E-state index in [9.17, 15) is 25.2 Å². The SMILES string of the molecule is CN(C)CC/C=C1/c2ccccc2COc2cc(O[C@@H]3O[C@H](C(=O)O)[C@@H](O)[C@H](O)[C@H]3O)ccc21. The van der Waals surface area contributed by atoms with E-state index in [4.69, 9.17) is 14.2 Å².